The van der Waals surface area contributed by atoms with E-state index in [4.69, 9.17) is 0 Å². The Hall–Kier alpha value is -1.10. The van der Waals surface area contributed by atoms with Gasteiger partial charge in [-0.15, -0.1) is 0 Å². The quantitative estimate of drug-likeness (QED) is 0.694. The van der Waals surface area contributed by atoms with E-state index in [1.54, 1.807) is 0 Å². The number of rotatable bonds is 4. The molecule has 2 rings (SSSR count). The van der Waals surface area contributed by atoms with Crippen LogP contribution in [0.25, 0.3) is 0 Å². The summed E-state index contributed by atoms with van der Waals surface area (Å²) in [5.41, 5.74) is -0.866. The highest BCUT2D eigenvalue weighted by atomic mass is 16.4. The molecule has 1 amide bonds. The Kier molecular flexibility index (Phi) is 5.62. The van der Waals surface area contributed by atoms with Crippen molar-refractivity contribution in [3.05, 3.63) is 0 Å². The fourth-order valence-corrected chi connectivity index (χ4v) is 3.68. The van der Waals surface area contributed by atoms with Crippen molar-refractivity contribution in [3.63, 3.8) is 0 Å². The molecule has 0 aromatic rings. The Morgan fingerprint density at radius 1 is 1.00 bits per heavy atom. The van der Waals surface area contributed by atoms with Crippen LogP contribution < -0.4 is 5.32 Å². The summed E-state index contributed by atoms with van der Waals surface area (Å²) < 4.78 is 0. The lowest BCUT2D eigenvalue weighted by molar-refractivity contribution is -0.153. The van der Waals surface area contributed by atoms with Crippen molar-refractivity contribution < 1.29 is 19.8 Å². The Bertz CT molecular complexity index is 366. The maximum atomic E-state index is 12.2. The number of carbonyl (C=O) groups excluding carboxylic acids is 1. The van der Waals surface area contributed by atoms with Gasteiger partial charge in [0.15, 0.2) is 0 Å². The third-order valence-corrected chi connectivity index (χ3v) is 5.08. The van der Waals surface area contributed by atoms with E-state index in [1.165, 1.54) is 0 Å². The number of carboxylic acid groups (broad SMARTS) is 1. The van der Waals surface area contributed by atoms with E-state index in [2.05, 4.69) is 5.32 Å². The summed E-state index contributed by atoms with van der Waals surface area (Å²) in [6, 6.07) is 0.0949. The van der Waals surface area contributed by atoms with Gasteiger partial charge < -0.3 is 15.5 Å². The molecule has 2 aliphatic rings. The largest absolute Gasteiger partial charge is 0.481 e. The molecule has 0 aliphatic heterocycles. The van der Waals surface area contributed by atoms with Crippen molar-refractivity contribution in [1.29, 1.82) is 0 Å². The molecule has 2 aliphatic carbocycles. The zero-order chi connectivity index (χ0) is 15.3. The third kappa shape index (κ3) is 4.43. The van der Waals surface area contributed by atoms with Crippen molar-refractivity contribution in [2.45, 2.75) is 82.8 Å². The summed E-state index contributed by atoms with van der Waals surface area (Å²) in [4.78, 5) is 23.9. The van der Waals surface area contributed by atoms with Crippen LogP contribution in [-0.2, 0) is 9.59 Å². The van der Waals surface area contributed by atoms with Gasteiger partial charge in [-0.05, 0) is 38.5 Å². The predicted molar refractivity (Wildman–Crippen MR) is 78.8 cm³/mol. The highest BCUT2D eigenvalue weighted by Crippen LogP contribution is 2.38. The molecule has 0 bridgehead atoms. The fourth-order valence-electron chi connectivity index (χ4n) is 3.68. The fraction of sp³-hybridized carbons (Fsp3) is 0.875. The van der Waals surface area contributed by atoms with E-state index in [1.807, 2.05) is 0 Å². The van der Waals surface area contributed by atoms with E-state index < -0.39 is 11.4 Å². The average Bonchev–Trinajstić information content (AvgIpc) is 2.68. The summed E-state index contributed by atoms with van der Waals surface area (Å²) in [5.74, 6) is -0.959. The number of carbonyl (C=O) groups is 2. The van der Waals surface area contributed by atoms with Gasteiger partial charge in [-0.2, -0.15) is 0 Å². The number of aliphatic carboxylic acids is 1. The van der Waals surface area contributed by atoms with Gasteiger partial charge in [0.2, 0.25) is 5.91 Å². The van der Waals surface area contributed by atoms with Crippen LogP contribution in [0.2, 0.25) is 0 Å². The van der Waals surface area contributed by atoms with Crippen LogP contribution in [0, 0.1) is 5.41 Å². The third-order valence-electron chi connectivity index (χ3n) is 5.08. The monoisotopic (exact) mass is 297 g/mol. The van der Waals surface area contributed by atoms with Crippen molar-refractivity contribution >= 4 is 11.9 Å². The van der Waals surface area contributed by atoms with Crippen LogP contribution in [0.1, 0.15) is 70.6 Å². The molecule has 0 radical (unpaired) electrons. The molecule has 0 saturated heterocycles. The molecule has 2 fully saturated rings. The summed E-state index contributed by atoms with van der Waals surface area (Å²) >= 11 is 0. The van der Waals surface area contributed by atoms with Crippen molar-refractivity contribution in [1.82, 2.24) is 5.32 Å². The molecule has 120 valence electrons. The molecule has 5 nitrogen and oxygen atoms in total. The molecule has 5 heteroatoms. The summed E-state index contributed by atoms with van der Waals surface area (Å²) in [5, 5.41) is 22.0. The van der Waals surface area contributed by atoms with E-state index in [9.17, 15) is 19.8 Å². The number of amides is 1. The van der Waals surface area contributed by atoms with Crippen molar-refractivity contribution in [3.8, 4) is 0 Å². The number of aliphatic hydroxyl groups excluding tert-OH is 1. The first kappa shape index (κ1) is 16.3. The van der Waals surface area contributed by atoms with E-state index >= 15 is 0 Å². The number of carboxylic acids is 1. The van der Waals surface area contributed by atoms with Gasteiger partial charge in [0.05, 0.1) is 11.5 Å². The topological polar surface area (TPSA) is 86.6 Å². The molecule has 0 spiro atoms. The lowest BCUT2D eigenvalue weighted by atomic mass is 9.77. The second kappa shape index (κ2) is 7.25. The molecule has 0 heterocycles. The molecule has 2 saturated carbocycles. The smallest absolute Gasteiger partial charge is 0.310 e. The van der Waals surface area contributed by atoms with Gasteiger partial charge in [-0.25, -0.2) is 0 Å². The Morgan fingerprint density at radius 3 is 2.10 bits per heavy atom. The van der Waals surface area contributed by atoms with Gasteiger partial charge in [-0.1, -0.05) is 25.7 Å². The molecule has 0 aromatic carbocycles. The van der Waals surface area contributed by atoms with Gasteiger partial charge in [0.25, 0.3) is 0 Å². The number of hydrogen-bond acceptors (Lipinski definition) is 3. The minimum absolute atomic E-state index is 0.0949. The average molecular weight is 297 g/mol. The van der Waals surface area contributed by atoms with E-state index in [0.29, 0.717) is 12.8 Å². The van der Waals surface area contributed by atoms with Crippen LogP contribution >= 0.6 is 0 Å². The summed E-state index contributed by atoms with van der Waals surface area (Å²) in [6.07, 6.45) is 8.01. The molecule has 0 aromatic heterocycles. The molecular weight excluding hydrogens is 270 g/mol. The van der Waals surface area contributed by atoms with Crippen molar-refractivity contribution in [2.24, 2.45) is 5.41 Å². The van der Waals surface area contributed by atoms with Gasteiger partial charge >= 0.3 is 5.97 Å². The van der Waals surface area contributed by atoms with Crippen LogP contribution in [-0.4, -0.2) is 34.2 Å². The van der Waals surface area contributed by atoms with Gasteiger partial charge in [-0.3, -0.25) is 9.59 Å². The maximum Gasteiger partial charge on any atom is 0.310 e. The standard InChI is InChI=1S/C16H27NO4/c18-13-7-5-12(6-8-13)17-14(19)11-16(15(20)21)9-3-1-2-4-10-16/h12-13,18H,1-11H2,(H,17,19)(H,20,21). The first-order valence-corrected chi connectivity index (χ1v) is 8.23. The minimum atomic E-state index is -0.866. The van der Waals surface area contributed by atoms with Gasteiger partial charge in [0, 0.05) is 12.5 Å². The lowest BCUT2D eigenvalue weighted by Gasteiger charge is -2.30. The summed E-state index contributed by atoms with van der Waals surface area (Å²) in [6.45, 7) is 0. The van der Waals surface area contributed by atoms with Crippen LogP contribution in [0.5, 0.6) is 0 Å². The minimum Gasteiger partial charge on any atom is -0.481 e. The van der Waals surface area contributed by atoms with Crippen molar-refractivity contribution in [2.75, 3.05) is 0 Å². The van der Waals surface area contributed by atoms with E-state index in [0.717, 1.165) is 51.4 Å². The van der Waals surface area contributed by atoms with Crippen LogP contribution in [0.3, 0.4) is 0 Å². The SMILES string of the molecule is O=C(CC1(C(=O)O)CCCCCC1)NC1CCC(O)CC1. The Balaban J connectivity index is 1.90. The second-order valence-corrected chi connectivity index (χ2v) is 6.75. The molecular formula is C16H27NO4. The number of hydrogen-bond donors (Lipinski definition) is 3. The zero-order valence-corrected chi connectivity index (χ0v) is 12.6. The van der Waals surface area contributed by atoms with Gasteiger partial charge in [0.1, 0.15) is 0 Å². The number of aliphatic hydroxyl groups is 1. The molecule has 3 N–H and O–H groups in total. The number of nitrogens with one attached hydrogen (secondary N) is 1. The van der Waals surface area contributed by atoms with Crippen LogP contribution in [0.15, 0.2) is 0 Å². The van der Waals surface area contributed by atoms with Crippen LogP contribution in [0.4, 0.5) is 0 Å². The molecule has 21 heavy (non-hydrogen) atoms. The molecule has 0 atom stereocenters. The predicted octanol–water partition coefficient (Wildman–Crippen LogP) is 2.22. The second-order valence-electron chi connectivity index (χ2n) is 6.75. The molecule has 0 unspecified atom stereocenters. The van der Waals surface area contributed by atoms with E-state index in [-0.39, 0.29) is 24.5 Å². The summed E-state index contributed by atoms with van der Waals surface area (Å²) in [7, 11) is 0. The highest BCUT2D eigenvalue weighted by Gasteiger charge is 2.40. The normalized spacial score (nSPS) is 29.4. The zero-order valence-electron chi connectivity index (χ0n) is 12.6. The first-order valence-electron chi connectivity index (χ1n) is 8.23. The Morgan fingerprint density at radius 2 is 1.57 bits per heavy atom. The Labute approximate surface area is 126 Å². The first-order chi connectivity index (χ1) is 10.0. The maximum absolute atomic E-state index is 12.2. The lowest BCUT2D eigenvalue weighted by Crippen LogP contribution is -2.43. The highest BCUT2D eigenvalue weighted by molar-refractivity contribution is 5.85.